The highest BCUT2D eigenvalue weighted by molar-refractivity contribution is 9.10. The van der Waals surface area contributed by atoms with Crippen molar-refractivity contribution < 1.29 is 8.42 Å². The first kappa shape index (κ1) is 14.7. The number of rotatable bonds is 3. The van der Waals surface area contributed by atoms with E-state index in [0.717, 1.165) is 19.3 Å². The smallest absolute Gasteiger partial charge is 0.247 e. The average Bonchev–Trinajstić information content (AvgIpc) is 2.39. The van der Waals surface area contributed by atoms with E-state index in [1.165, 1.54) is 0 Å². The van der Waals surface area contributed by atoms with Gasteiger partial charge in [0.1, 0.15) is 10.7 Å². The fraction of sp³-hybridized carbons (Fsp3) is 0.583. The lowest BCUT2D eigenvalue weighted by Gasteiger charge is -2.32. The molecule has 1 aliphatic rings. The van der Waals surface area contributed by atoms with Crippen LogP contribution in [-0.4, -0.2) is 37.3 Å². The van der Waals surface area contributed by atoms with Gasteiger partial charge in [-0.25, -0.2) is 13.4 Å². The topological polar surface area (TPSA) is 62.3 Å². The van der Waals surface area contributed by atoms with Gasteiger partial charge in [-0.15, -0.1) is 0 Å². The molecule has 1 aliphatic heterocycles. The van der Waals surface area contributed by atoms with Gasteiger partial charge in [0.15, 0.2) is 0 Å². The first-order chi connectivity index (χ1) is 8.96. The highest BCUT2D eigenvalue weighted by atomic mass is 79.9. The largest absolute Gasteiger partial charge is 0.372 e. The summed E-state index contributed by atoms with van der Waals surface area (Å²) in [6.07, 6.45) is 4.50. The molecule has 0 aromatic carbocycles. The Balaban J connectivity index is 2.46. The van der Waals surface area contributed by atoms with Crippen LogP contribution in [-0.2, 0) is 10.0 Å². The minimum absolute atomic E-state index is 0.0439. The van der Waals surface area contributed by atoms with Crippen LogP contribution in [0.15, 0.2) is 21.6 Å². The molecule has 1 fully saturated rings. The maximum absolute atomic E-state index is 12.8. The van der Waals surface area contributed by atoms with Gasteiger partial charge in [0.05, 0.1) is 0 Å². The summed E-state index contributed by atoms with van der Waals surface area (Å²) in [6.45, 7) is 2.54. The van der Waals surface area contributed by atoms with E-state index in [1.807, 2.05) is 6.92 Å². The number of nitrogens with zero attached hydrogens (tertiary/aromatic N) is 2. The fourth-order valence-electron chi connectivity index (χ4n) is 2.36. The van der Waals surface area contributed by atoms with Gasteiger partial charge in [-0.2, -0.15) is 4.31 Å². The summed E-state index contributed by atoms with van der Waals surface area (Å²) in [5.74, 6) is 0.390. The van der Waals surface area contributed by atoms with Crippen LogP contribution in [0, 0.1) is 0 Å². The molecule has 19 heavy (non-hydrogen) atoms. The molecule has 1 N–H and O–H groups in total. The van der Waals surface area contributed by atoms with Crippen molar-refractivity contribution >= 4 is 31.8 Å². The molecule has 1 unspecified atom stereocenters. The minimum Gasteiger partial charge on any atom is -0.372 e. The van der Waals surface area contributed by atoms with Crippen LogP contribution < -0.4 is 5.32 Å². The van der Waals surface area contributed by atoms with Gasteiger partial charge in [0.2, 0.25) is 10.0 Å². The third-order valence-electron chi connectivity index (χ3n) is 3.38. The predicted octanol–water partition coefficient (Wildman–Crippen LogP) is 2.45. The lowest BCUT2D eigenvalue weighted by Crippen LogP contribution is -2.42. The van der Waals surface area contributed by atoms with Gasteiger partial charge in [-0.3, -0.25) is 0 Å². The summed E-state index contributed by atoms with van der Waals surface area (Å²) >= 11 is 3.28. The van der Waals surface area contributed by atoms with Gasteiger partial charge in [-0.1, -0.05) is 6.42 Å². The Morgan fingerprint density at radius 3 is 2.84 bits per heavy atom. The average molecular weight is 348 g/mol. The number of piperidine rings is 1. The van der Waals surface area contributed by atoms with Gasteiger partial charge in [0, 0.05) is 30.3 Å². The van der Waals surface area contributed by atoms with Crippen molar-refractivity contribution in [3.8, 4) is 0 Å². The van der Waals surface area contributed by atoms with Crippen molar-refractivity contribution in [1.82, 2.24) is 9.29 Å². The molecule has 1 atom stereocenters. The Bertz CT molecular complexity index is 562. The Labute approximate surface area is 122 Å². The third-order valence-corrected chi connectivity index (χ3v) is 5.85. The van der Waals surface area contributed by atoms with Crippen molar-refractivity contribution in [3.63, 3.8) is 0 Å². The number of nitrogens with one attached hydrogen (secondary N) is 1. The number of hydrogen-bond donors (Lipinski definition) is 1. The second-order valence-corrected chi connectivity index (χ2v) is 7.49. The maximum Gasteiger partial charge on any atom is 0.247 e. The van der Waals surface area contributed by atoms with E-state index in [1.54, 1.807) is 23.6 Å². The van der Waals surface area contributed by atoms with Gasteiger partial charge < -0.3 is 5.32 Å². The Kier molecular flexibility index (Phi) is 4.47. The van der Waals surface area contributed by atoms with Gasteiger partial charge >= 0.3 is 0 Å². The molecule has 0 saturated carbocycles. The molecular formula is C12H18BrN3O2S. The number of halogens is 1. The molecule has 0 spiro atoms. The number of hydrogen-bond acceptors (Lipinski definition) is 4. The normalized spacial score (nSPS) is 21.3. The Morgan fingerprint density at radius 1 is 1.47 bits per heavy atom. The molecule has 0 bridgehead atoms. The quantitative estimate of drug-likeness (QED) is 0.912. The first-order valence-corrected chi connectivity index (χ1v) is 8.55. The molecule has 2 heterocycles. The van der Waals surface area contributed by atoms with Crippen LogP contribution in [0.2, 0.25) is 0 Å². The van der Waals surface area contributed by atoms with Crippen molar-refractivity contribution in [2.45, 2.75) is 37.1 Å². The second kappa shape index (κ2) is 5.76. The van der Waals surface area contributed by atoms with E-state index >= 15 is 0 Å². The lowest BCUT2D eigenvalue weighted by atomic mass is 10.1. The first-order valence-electron chi connectivity index (χ1n) is 6.32. The summed E-state index contributed by atoms with van der Waals surface area (Å²) in [7, 11) is -1.82. The summed E-state index contributed by atoms with van der Waals surface area (Å²) in [5, 5.41) is 2.85. The summed E-state index contributed by atoms with van der Waals surface area (Å²) in [5.41, 5.74) is 0. The Hall–Kier alpha value is -0.660. The number of pyridine rings is 1. The van der Waals surface area contributed by atoms with E-state index < -0.39 is 10.0 Å². The number of anilines is 1. The Morgan fingerprint density at radius 2 is 2.21 bits per heavy atom. The standard InChI is InChI=1S/C12H18BrN3O2S/c1-9-5-3-4-6-16(9)19(17,18)11-7-10(13)8-15-12(11)14-2/h7-9H,3-6H2,1-2H3,(H,14,15). The second-order valence-electron chi connectivity index (χ2n) is 4.71. The molecule has 0 amide bonds. The van der Waals surface area contributed by atoms with Crippen LogP contribution in [0.4, 0.5) is 5.82 Å². The van der Waals surface area contributed by atoms with Crippen LogP contribution in [0.1, 0.15) is 26.2 Å². The van der Waals surface area contributed by atoms with E-state index in [2.05, 4.69) is 26.2 Å². The highest BCUT2D eigenvalue weighted by Gasteiger charge is 2.33. The fourth-order valence-corrected chi connectivity index (χ4v) is 4.72. The lowest BCUT2D eigenvalue weighted by molar-refractivity contribution is 0.268. The monoisotopic (exact) mass is 347 g/mol. The summed E-state index contributed by atoms with van der Waals surface area (Å²) in [4.78, 5) is 4.35. The molecule has 1 saturated heterocycles. The van der Waals surface area contributed by atoms with Crippen LogP contribution >= 0.6 is 15.9 Å². The zero-order valence-electron chi connectivity index (χ0n) is 11.1. The predicted molar refractivity (Wildman–Crippen MR) is 78.7 cm³/mol. The zero-order chi connectivity index (χ0) is 14.0. The molecular weight excluding hydrogens is 330 g/mol. The van der Waals surface area contributed by atoms with E-state index in [0.29, 0.717) is 16.8 Å². The summed E-state index contributed by atoms with van der Waals surface area (Å²) < 4.78 is 27.8. The summed E-state index contributed by atoms with van der Waals surface area (Å²) in [6, 6.07) is 1.65. The van der Waals surface area contributed by atoms with Gasteiger partial charge in [-0.05, 0) is 41.8 Å². The van der Waals surface area contributed by atoms with Crippen LogP contribution in [0.3, 0.4) is 0 Å². The molecule has 5 nitrogen and oxygen atoms in total. The van der Waals surface area contributed by atoms with Crippen LogP contribution in [0.5, 0.6) is 0 Å². The molecule has 106 valence electrons. The minimum atomic E-state index is -3.50. The molecule has 1 aromatic rings. The van der Waals surface area contributed by atoms with Crippen molar-refractivity contribution in [2.75, 3.05) is 18.9 Å². The maximum atomic E-state index is 12.8. The van der Waals surface area contributed by atoms with E-state index in [9.17, 15) is 8.42 Å². The van der Waals surface area contributed by atoms with Crippen molar-refractivity contribution in [1.29, 1.82) is 0 Å². The highest BCUT2D eigenvalue weighted by Crippen LogP contribution is 2.29. The number of sulfonamides is 1. The SMILES string of the molecule is CNc1ncc(Br)cc1S(=O)(=O)N1CCCCC1C. The van der Waals surface area contributed by atoms with Gasteiger partial charge in [0.25, 0.3) is 0 Å². The van der Waals surface area contributed by atoms with Crippen LogP contribution in [0.25, 0.3) is 0 Å². The molecule has 2 rings (SSSR count). The van der Waals surface area contributed by atoms with E-state index in [4.69, 9.17) is 0 Å². The zero-order valence-corrected chi connectivity index (χ0v) is 13.5. The van der Waals surface area contributed by atoms with Crippen molar-refractivity contribution in [3.05, 3.63) is 16.7 Å². The molecule has 0 aliphatic carbocycles. The van der Waals surface area contributed by atoms with E-state index in [-0.39, 0.29) is 10.9 Å². The van der Waals surface area contributed by atoms with Crippen molar-refractivity contribution in [2.24, 2.45) is 0 Å². The molecule has 7 heteroatoms. The third kappa shape index (κ3) is 2.93. The number of aromatic nitrogens is 1. The molecule has 0 radical (unpaired) electrons. The molecule has 1 aromatic heterocycles.